The van der Waals surface area contributed by atoms with Crippen molar-refractivity contribution in [2.45, 2.75) is 6.92 Å². The molecule has 0 aliphatic carbocycles. The van der Waals surface area contributed by atoms with E-state index in [0.29, 0.717) is 16.3 Å². The van der Waals surface area contributed by atoms with E-state index < -0.39 is 5.97 Å². The molecule has 1 atom stereocenters. The molecule has 0 fully saturated rings. The Morgan fingerprint density at radius 2 is 2.31 bits per heavy atom. The van der Waals surface area contributed by atoms with Gasteiger partial charge < -0.3 is 15.6 Å². The van der Waals surface area contributed by atoms with Gasteiger partial charge >= 0.3 is 5.97 Å². The first kappa shape index (κ1) is 12.8. The molecule has 0 aliphatic heterocycles. The topological polar surface area (TPSA) is 72.5 Å². The van der Waals surface area contributed by atoms with Crippen LogP contribution in [-0.2, 0) is 4.74 Å². The molecule has 0 heterocycles. The van der Waals surface area contributed by atoms with E-state index in [1.54, 1.807) is 19.1 Å². The normalized spacial score (nSPS) is 12.2. The third-order valence-corrected chi connectivity index (χ3v) is 2.39. The fraction of sp³-hybridized carbons (Fsp3) is 0.364. The van der Waals surface area contributed by atoms with Crippen LogP contribution in [0.5, 0.6) is 0 Å². The molecule has 1 rings (SSSR count). The van der Waals surface area contributed by atoms with E-state index in [1.165, 1.54) is 6.07 Å². The van der Waals surface area contributed by atoms with Crippen molar-refractivity contribution in [1.29, 1.82) is 0 Å². The van der Waals surface area contributed by atoms with Gasteiger partial charge in [-0.25, -0.2) is 4.79 Å². The lowest BCUT2D eigenvalue weighted by molar-refractivity contribution is 0.0405. The third kappa shape index (κ3) is 3.40. The predicted octanol–water partition coefficient (Wildman–Crippen LogP) is 1.71. The average Bonchev–Trinajstić information content (AvgIpc) is 2.29. The molecule has 3 N–H and O–H groups in total. The number of nitrogens with two attached hydrogens (primary N) is 1. The molecule has 0 aromatic heterocycles. The lowest BCUT2D eigenvalue weighted by atomic mass is 10.2. The van der Waals surface area contributed by atoms with Crippen LogP contribution in [0.1, 0.15) is 17.3 Å². The van der Waals surface area contributed by atoms with E-state index in [9.17, 15) is 4.79 Å². The molecule has 0 radical (unpaired) electrons. The summed E-state index contributed by atoms with van der Waals surface area (Å²) in [4.78, 5) is 11.5. The van der Waals surface area contributed by atoms with Crippen LogP contribution in [-0.4, -0.2) is 24.3 Å². The minimum atomic E-state index is -0.469. The zero-order chi connectivity index (χ0) is 12.1. The fourth-order valence-corrected chi connectivity index (χ4v) is 1.14. The van der Waals surface area contributed by atoms with Crippen LogP contribution in [0.4, 0.5) is 5.69 Å². The van der Waals surface area contributed by atoms with E-state index in [-0.39, 0.29) is 19.1 Å². The first-order valence-corrected chi connectivity index (χ1v) is 5.25. The van der Waals surface area contributed by atoms with Gasteiger partial charge in [0.2, 0.25) is 0 Å². The quantitative estimate of drug-likeness (QED) is 0.624. The van der Waals surface area contributed by atoms with Gasteiger partial charge in [-0.1, -0.05) is 18.5 Å². The zero-order valence-corrected chi connectivity index (χ0v) is 9.70. The molecule has 0 bridgehead atoms. The summed E-state index contributed by atoms with van der Waals surface area (Å²) in [6, 6.07) is 4.56. The summed E-state index contributed by atoms with van der Waals surface area (Å²) < 4.78 is 4.98. The van der Waals surface area contributed by atoms with Gasteiger partial charge in [0.25, 0.3) is 0 Å². The SMILES string of the molecule is CC(CO)COC(=O)c1ccc(Cl)c(N)c1. The van der Waals surface area contributed by atoms with Crippen molar-refractivity contribution in [2.75, 3.05) is 18.9 Å². The van der Waals surface area contributed by atoms with Gasteiger partial charge in [-0.15, -0.1) is 0 Å². The zero-order valence-electron chi connectivity index (χ0n) is 8.94. The monoisotopic (exact) mass is 243 g/mol. The molecule has 0 aliphatic rings. The van der Waals surface area contributed by atoms with Crippen molar-refractivity contribution in [2.24, 2.45) is 5.92 Å². The number of hydrogen-bond donors (Lipinski definition) is 2. The number of carbonyl (C=O) groups is 1. The van der Waals surface area contributed by atoms with Crippen LogP contribution < -0.4 is 5.73 Å². The highest BCUT2D eigenvalue weighted by atomic mass is 35.5. The molecular formula is C11H14ClNO3. The van der Waals surface area contributed by atoms with Crippen LogP contribution in [0, 0.1) is 5.92 Å². The Bertz CT molecular complexity index is 381. The fourth-order valence-electron chi connectivity index (χ4n) is 1.02. The van der Waals surface area contributed by atoms with Crippen molar-refractivity contribution < 1.29 is 14.6 Å². The van der Waals surface area contributed by atoms with Crippen LogP contribution in [0.3, 0.4) is 0 Å². The molecule has 1 unspecified atom stereocenters. The summed E-state index contributed by atoms with van der Waals surface area (Å²) >= 11 is 5.73. The molecule has 4 nitrogen and oxygen atoms in total. The molecule has 1 aromatic carbocycles. The molecule has 0 spiro atoms. The van der Waals surface area contributed by atoms with Crippen LogP contribution >= 0.6 is 11.6 Å². The van der Waals surface area contributed by atoms with Gasteiger partial charge in [-0.2, -0.15) is 0 Å². The molecule has 1 aromatic rings. The molecule has 5 heteroatoms. The average molecular weight is 244 g/mol. The van der Waals surface area contributed by atoms with Crippen LogP contribution in [0.15, 0.2) is 18.2 Å². The van der Waals surface area contributed by atoms with Crippen molar-refractivity contribution in [3.05, 3.63) is 28.8 Å². The van der Waals surface area contributed by atoms with Gasteiger partial charge in [0.1, 0.15) is 0 Å². The maximum atomic E-state index is 11.5. The Morgan fingerprint density at radius 3 is 2.88 bits per heavy atom. The Morgan fingerprint density at radius 1 is 1.62 bits per heavy atom. The number of carbonyl (C=O) groups excluding carboxylic acids is 1. The third-order valence-electron chi connectivity index (χ3n) is 2.04. The summed E-state index contributed by atoms with van der Waals surface area (Å²) in [5, 5.41) is 9.17. The number of benzene rings is 1. The second-order valence-corrected chi connectivity index (χ2v) is 4.03. The number of hydrogen-bond acceptors (Lipinski definition) is 4. The number of halogens is 1. The van der Waals surface area contributed by atoms with Gasteiger partial charge in [0.15, 0.2) is 0 Å². The summed E-state index contributed by atoms with van der Waals surface area (Å²) in [5.41, 5.74) is 6.25. The summed E-state index contributed by atoms with van der Waals surface area (Å²) in [5.74, 6) is -0.544. The standard InChI is InChI=1S/C11H14ClNO3/c1-7(5-14)6-16-11(15)8-2-3-9(12)10(13)4-8/h2-4,7,14H,5-6,13H2,1H3. The number of esters is 1. The molecule has 0 saturated heterocycles. The highest BCUT2D eigenvalue weighted by molar-refractivity contribution is 6.33. The van der Waals surface area contributed by atoms with Crippen LogP contribution in [0.2, 0.25) is 5.02 Å². The molecular weight excluding hydrogens is 230 g/mol. The number of anilines is 1. The van der Waals surface area contributed by atoms with Gasteiger partial charge in [-0.05, 0) is 18.2 Å². The number of nitrogen functional groups attached to an aromatic ring is 1. The minimum absolute atomic E-state index is 0.0178. The van der Waals surface area contributed by atoms with Crippen molar-refractivity contribution >= 4 is 23.3 Å². The Labute approximate surface area is 99.0 Å². The van der Waals surface area contributed by atoms with E-state index in [0.717, 1.165) is 0 Å². The number of rotatable bonds is 4. The predicted molar refractivity (Wildman–Crippen MR) is 62.4 cm³/mol. The molecule has 0 saturated carbocycles. The van der Waals surface area contributed by atoms with E-state index >= 15 is 0 Å². The highest BCUT2D eigenvalue weighted by Crippen LogP contribution is 2.19. The van der Waals surface area contributed by atoms with Crippen molar-refractivity contribution in [3.63, 3.8) is 0 Å². The van der Waals surface area contributed by atoms with Crippen molar-refractivity contribution in [1.82, 2.24) is 0 Å². The minimum Gasteiger partial charge on any atom is -0.462 e. The number of aliphatic hydroxyl groups is 1. The molecule has 16 heavy (non-hydrogen) atoms. The molecule has 0 amide bonds. The van der Waals surface area contributed by atoms with Gasteiger partial charge in [-0.3, -0.25) is 0 Å². The van der Waals surface area contributed by atoms with E-state index in [4.69, 9.17) is 27.2 Å². The Hall–Kier alpha value is -1.26. The summed E-state index contributed by atoms with van der Waals surface area (Å²) in [7, 11) is 0. The second kappa shape index (κ2) is 5.72. The number of aliphatic hydroxyl groups excluding tert-OH is 1. The van der Waals surface area contributed by atoms with Gasteiger partial charge in [0, 0.05) is 12.5 Å². The second-order valence-electron chi connectivity index (χ2n) is 3.62. The maximum Gasteiger partial charge on any atom is 0.338 e. The maximum absolute atomic E-state index is 11.5. The lowest BCUT2D eigenvalue weighted by Gasteiger charge is -2.09. The number of ether oxygens (including phenoxy) is 1. The first-order valence-electron chi connectivity index (χ1n) is 4.87. The Balaban J connectivity index is 2.63. The van der Waals surface area contributed by atoms with Crippen LogP contribution in [0.25, 0.3) is 0 Å². The Kier molecular flexibility index (Phi) is 4.58. The first-order chi connectivity index (χ1) is 7.54. The summed E-state index contributed by atoms with van der Waals surface area (Å²) in [6.45, 7) is 1.94. The van der Waals surface area contributed by atoms with Crippen molar-refractivity contribution in [3.8, 4) is 0 Å². The van der Waals surface area contributed by atoms with E-state index in [2.05, 4.69) is 0 Å². The lowest BCUT2D eigenvalue weighted by Crippen LogP contribution is -2.14. The largest absolute Gasteiger partial charge is 0.462 e. The highest BCUT2D eigenvalue weighted by Gasteiger charge is 2.10. The summed E-state index contributed by atoms with van der Waals surface area (Å²) in [6.07, 6.45) is 0. The molecule has 88 valence electrons. The van der Waals surface area contributed by atoms with Gasteiger partial charge in [0.05, 0.1) is 22.9 Å². The van der Waals surface area contributed by atoms with E-state index in [1.807, 2.05) is 0 Å². The smallest absolute Gasteiger partial charge is 0.338 e.